The predicted octanol–water partition coefficient (Wildman–Crippen LogP) is 3.71. The molecule has 0 fully saturated rings. The average Bonchev–Trinajstić information content (AvgIpc) is 1.94. The summed E-state index contributed by atoms with van der Waals surface area (Å²) in [6, 6.07) is 0. The molecule has 0 saturated heterocycles. The molecule has 0 amide bonds. The van der Waals surface area contributed by atoms with Crippen LogP contribution in [0.2, 0.25) is 0 Å². The van der Waals surface area contributed by atoms with Gasteiger partial charge in [0.25, 0.3) is 0 Å². The highest BCUT2D eigenvalue weighted by Gasteiger charge is 2.62. The quantitative estimate of drug-likeness (QED) is 0.569. The predicted molar refractivity (Wildman–Crippen MR) is 50.6 cm³/mol. The van der Waals surface area contributed by atoms with Gasteiger partial charge in [-0.1, -0.05) is 20.8 Å². The molecule has 0 N–H and O–H groups in total. The van der Waals surface area contributed by atoms with Crippen molar-refractivity contribution in [2.75, 3.05) is 0 Å². The van der Waals surface area contributed by atoms with Crippen LogP contribution < -0.4 is 0 Å². The maximum atomic E-state index is 12.2. The van der Waals surface area contributed by atoms with Gasteiger partial charge in [-0.3, -0.25) is 4.79 Å². The maximum Gasteiger partial charge on any atom is 0.411 e. The highest BCUT2D eigenvalue weighted by atomic mass is 19.4. The molecule has 0 heterocycles. The average molecular weight is 280 g/mol. The summed E-state index contributed by atoms with van der Waals surface area (Å²) in [5, 5.41) is 0. The summed E-state index contributed by atoms with van der Waals surface area (Å²) in [6.45, 7) is 5.82. The lowest BCUT2D eigenvalue weighted by Crippen LogP contribution is -2.45. The molecule has 0 spiro atoms. The summed E-state index contributed by atoms with van der Waals surface area (Å²) in [7, 11) is 0. The Kier molecular flexibility index (Phi) is 4.71. The molecule has 0 bridgehead atoms. The van der Waals surface area contributed by atoms with Crippen LogP contribution in [-0.2, 0) is 9.53 Å². The fourth-order valence-corrected chi connectivity index (χ4v) is 0.872. The van der Waals surface area contributed by atoms with E-state index in [4.69, 9.17) is 0 Å². The Morgan fingerprint density at radius 3 is 1.50 bits per heavy atom. The molecular weight excluding hydrogens is 266 g/mol. The Bertz CT molecular complexity index is 285. The van der Waals surface area contributed by atoms with Crippen LogP contribution in [0, 0.1) is 11.3 Å². The van der Waals surface area contributed by atoms with E-state index < -0.39 is 35.8 Å². The van der Waals surface area contributed by atoms with E-state index in [-0.39, 0.29) is 0 Å². The molecule has 0 rings (SSSR count). The largest absolute Gasteiger partial charge is 0.461 e. The second kappa shape index (κ2) is 4.97. The highest BCUT2D eigenvalue weighted by molar-refractivity contribution is 5.74. The summed E-state index contributed by atoms with van der Waals surface area (Å²) < 4.78 is 77.4. The number of rotatable bonds is 2. The van der Waals surface area contributed by atoms with Crippen molar-refractivity contribution < 1.29 is 35.9 Å². The van der Waals surface area contributed by atoms with E-state index >= 15 is 0 Å². The lowest BCUT2D eigenvalue weighted by molar-refractivity contribution is -0.284. The zero-order chi connectivity index (χ0) is 14.9. The van der Waals surface area contributed by atoms with Gasteiger partial charge in [-0.25, -0.2) is 0 Å². The normalized spacial score (nSPS) is 15.7. The van der Waals surface area contributed by atoms with Gasteiger partial charge < -0.3 is 4.74 Å². The monoisotopic (exact) mass is 280 g/mol. The van der Waals surface area contributed by atoms with Crippen molar-refractivity contribution >= 4 is 5.97 Å². The van der Waals surface area contributed by atoms with Crippen LogP contribution in [0.5, 0.6) is 0 Å². The summed E-state index contributed by atoms with van der Waals surface area (Å²) in [4.78, 5) is 11.0. The fourth-order valence-electron chi connectivity index (χ4n) is 0.872. The van der Waals surface area contributed by atoms with Gasteiger partial charge in [-0.05, 0) is 12.3 Å². The highest BCUT2D eigenvalue weighted by Crippen LogP contribution is 2.40. The van der Waals surface area contributed by atoms with Crippen molar-refractivity contribution in [3.8, 4) is 0 Å². The van der Waals surface area contributed by atoms with Crippen LogP contribution >= 0.6 is 0 Å². The summed E-state index contributed by atoms with van der Waals surface area (Å²) in [5.41, 5.74) is -0.753. The van der Waals surface area contributed by atoms with Gasteiger partial charge in [-0.2, -0.15) is 26.3 Å². The molecule has 0 aromatic heterocycles. The molecule has 0 aliphatic heterocycles. The SMILES string of the molecule is C[C@@H](OC(=O)C(C(F)(F)F)C(F)(F)F)C(C)(C)C. The zero-order valence-corrected chi connectivity index (χ0v) is 10.2. The third kappa shape index (κ3) is 4.73. The number of halogens is 6. The number of esters is 1. The molecule has 108 valence electrons. The first kappa shape index (κ1) is 17.1. The van der Waals surface area contributed by atoms with E-state index in [0.29, 0.717) is 0 Å². The van der Waals surface area contributed by atoms with Crippen molar-refractivity contribution in [3.63, 3.8) is 0 Å². The van der Waals surface area contributed by atoms with Gasteiger partial charge >= 0.3 is 18.3 Å². The van der Waals surface area contributed by atoms with Crippen molar-refractivity contribution in [2.24, 2.45) is 11.3 Å². The smallest absolute Gasteiger partial charge is 0.411 e. The second-order valence-electron chi connectivity index (χ2n) is 4.96. The van der Waals surface area contributed by atoms with Gasteiger partial charge in [0.1, 0.15) is 6.10 Å². The van der Waals surface area contributed by atoms with E-state index in [1.807, 2.05) is 0 Å². The Labute approximate surface area is 100 Å². The van der Waals surface area contributed by atoms with Gasteiger partial charge in [0, 0.05) is 0 Å². The van der Waals surface area contributed by atoms with Crippen molar-refractivity contribution in [3.05, 3.63) is 0 Å². The molecule has 0 aliphatic carbocycles. The van der Waals surface area contributed by atoms with Crippen LogP contribution in [0.15, 0.2) is 0 Å². The Morgan fingerprint density at radius 2 is 1.28 bits per heavy atom. The fraction of sp³-hybridized carbons (Fsp3) is 0.900. The Hall–Kier alpha value is -0.950. The van der Waals surface area contributed by atoms with Crippen LogP contribution in [-0.4, -0.2) is 24.4 Å². The minimum Gasteiger partial charge on any atom is -0.461 e. The van der Waals surface area contributed by atoms with E-state index in [2.05, 4.69) is 4.74 Å². The number of ether oxygens (including phenoxy) is 1. The lowest BCUT2D eigenvalue weighted by atomic mass is 9.90. The third-order valence-corrected chi connectivity index (χ3v) is 2.40. The van der Waals surface area contributed by atoms with Crippen molar-refractivity contribution in [1.29, 1.82) is 0 Å². The maximum absolute atomic E-state index is 12.2. The Morgan fingerprint density at radius 1 is 0.944 bits per heavy atom. The third-order valence-electron chi connectivity index (χ3n) is 2.40. The minimum atomic E-state index is -5.72. The standard InChI is InChI=1S/C10H14F6O2/c1-5(8(2,3)4)18-7(17)6(9(11,12)13)10(14,15)16/h5-6H,1-4H3/t5-/m1/s1. The van der Waals surface area contributed by atoms with Gasteiger partial charge in [0.15, 0.2) is 0 Å². The van der Waals surface area contributed by atoms with Crippen molar-refractivity contribution in [1.82, 2.24) is 0 Å². The van der Waals surface area contributed by atoms with Crippen LogP contribution in [0.3, 0.4) is 0 Å². The first-order valence-electron chi connectivity index (χ1n) is 5.01. The minimum absolute atomic E-state index is 0.753. The number of hydrogen-bond acceptors (Lipinski definition) is 2. The van der Waals surface area contributed by atoms with Crippen LogP contribution in [0.25, 0.3) is 0 Å². The molecule has 0 aromatic carbocycles. The molecule has 0 saturated carbocycles. The summed E-state index contributed by atoms with van der Waals surface area (Å²) in [5.74, 6) is -6.42. The molecule has 0 aromatic rings. The Balaban J connectivity index is 5.04. The van der Waals surface area contributed by atoms with E-state index in [1.54, 1.807) is 0 Å². The lowest BCUT2D eigenvalue weighted by Gasteiger charge is -2.29. The second-order valence-corrected chi connectivity index (χ2v) is 4.96. The summed E-state index contributed by atoms with van der Waals surface area (Å²) >= 11 is 0. The topological polar surface area (TPSA) is 26.3 Å². The molecule has 0 aliphatic rings. The number of carbonyl (C=O) groups excluding carboxylic acids is 1. The molecular formula is C10H14F6O2. The van der Waals surface area contributed by atoms with Gasteiger partial charge in [0.2, 0.25) is 5.92 Å². The van der Waals surface area contributed by atoms with E-state index in [9.17, 15) is 31.1 Å². The van der Waals surface area contributed by atoms with E-state index in [1.165, 1.54) is 27.7 Å². The van der Waals surface area contributed by atoms with Gasteiger partial charge in [0.05, 0.1) is 0 Å². The number of alkyl halides is 6. The van der Waals surface area contributed by atoms with Crippen LogP contribution in [0.4, 0.5) is 26.3 Å². The van der Waals surface area contributed by atoms with Crippen molar-refractivity contribution in [2.45, 2.75) is 46.2 Å². The zero-order valence-electron chi connectivity index (χ0n) is 10.2. The summed E-state index contributed by atoms with van der Waals surface area (Å²) in [6.07, 6.45) is -12.5. The molecule has 18 heavy (non-hydrogen) atoms. The van der Waals surface area contributed by atoms with Crippen LogP contribution in [0.1, 0.15) is 27.7 Å². The molecule has 8 heteroatoms. The first-order chi connectivity index (χ1) is 7.67. The molecule has 1 atom stereocenters. The molecule has 0 unspecified atom stereocenters. The number of hydrogen-bond donors (Lipinski definition) is 0. The van der Waals surface area contributed by atoms with Gasteiger partial charge in [-0.15, -0.1) is 0 Å². The molecule has 0 radical (unpaired) electrons. The molecule has 2 nitrogen and oxygen atoms in total. The first-order valence-corrected chi connectivity index (χ1v) is 5.01. The van der Waals surface area contributed by atoms with E-state index in [0.717, 1.165) is 0 Å². The number of carbonyl (C=O) groups is 1.